The van der Waals surface area contributed by atoms with Crippen molar-refractivity contribution in [2.45, 2.75) is 44.4 Å². The van der Waals surface area contributed by atoms with E-state index in [9.17, 15) is 15.3 Å². The van der Waals surface area contributed by atoms with Crippen LogP contribution in [0.3, 0.4) is 0 Å². The van der Waals surface area contributed by atoms with E-state index in [-0.39, 0.29) is 0 Å². The Morgan fingerprint density at radius 3 is 1.55 bits per heavy atom. The van der Waals surface area contributed by atoms with Gasteiger partial charge < -0.3 is 20.1 Å². The second-order valence-corrected chi connectivity index (χ2v) is 3.02. The first-order valence-electron chi connectivity index (χ1n) is 3.73. The first-order valence-corrected chi connectivity index (χ1v) is 3.73. The normalized spacial score (nSPS) is 52.6. The SMILES string of the molecule is CC1OC(C)[C@@H](O)C(O)C1O. The van der Waals surface area contributed by atoms with Crippen LogP contribution in [0.1, 0.15) is 13.8 Å². The Kier molecular flexibility index (Phi) is 2.49. The van der Waals surface area contributed by atoms with Crippen molar-refractivity contribution in [1.29, 1.82) is 0 Å². The summed E-state index contributed by atoms with van der Waals surface area (Å²) in [6.45, 7) is 3.33. The van der Waals surface area contributed by atoms with E-state index in [1.54, 1.807) is 13.8 Å². The van der Waals surface area contributed by atoms with Crippen LogP contribution in [0.5, 0.6) is 0 Å². The molecule has 5 atom stereocenters. The lowest BCUT2D eigenvalue weighted by Gasteiger charge is -2.37. The molecule has 11 heavy (non-hydrogen) atoms. The molecule has 0 bridgehead atoms. The zero-order chi connectivity index (χ0) is 8.59. The third-order valence-corrected chi connectivity index (χ3v) is 2.09. The minimum atomic E-state index is -1.09. The van der Waals surface area contributed by atoms with E-state index in [2.05, 4.69) is 0 Å². The van der Waals surface area contributed by atoms with Crippen LogP contribution in [0.2, 0.25) is 0 Å². The van der Waals surface area contributed by atoms with Crippen LogP contribution in [0.4, 0.5) is 0 Å². The molecule has 4 unspecified atom stereocenters. The van der Waals surface area contributed by atoms with Crippen molar-refractivity contribution in [2.75, 3.05) is 0 Å². The summed E-state index contributed by atoms with van der Waals surface area (Å²) < 4.78 is 5.12. The summed E-state index contributed by atoms with van der Waals surface area (Å²) in [5, 5.41) is 27.6. The summed E-state index contributed by atoms with van der Waals surface area (Å²) in [6, 6.07) is 0. The van der Waals surface area contributed by atoms with Gasteiger partial charge >= 0.3 is 0 Å². The van der Waals surface area contributed by atoms with Crippen LogP contribution in [-0.2, 0) is 4.74 Å². The van der Waals surface area contributed by atoms with Gasteiger partial charge in [0.05, 0.1) is 12.2 Å². The second kappa shape index (κ2) is 3.06. The van der Waals surface area contributed by atoms with Crippen LogP contribution >= 0.6 is 0 Å². The fourth-order valence-corrected chi connectivity index (χ4v) is 1.26. The molecule has 0 saturated carbocycles. The summed E-state index contributed by atoms with van der Waals surface area (Å²) in [4.78, 5) is 0. The van der Waals surface area contributed by atoms with Crippen LogP contribution in [-0.4, -0.2) is 45.8 Å². The fraction of sp³-hybridized carbons (Fsp3) is 1.00. The van der Waals surface area contributed by atoms with Crippen molar-refractivity contribution in [1.82, 2.24) is 0 Å². The van der Waals surface area contributed by atoms with Gasteiger partial charge in [0.25, 0.3) is 0 Å². The van der Waals surface area contributed by atoms with Crippen LogP contribution in [0.15, 0.2) is 0 Å². The number of ether oxygens (including phenoxy) is 1. The third kappa shape index (κ3) is 1.54. The molecule has 0 radical (unpaired) electrons. The van der Waals surface area contributed by atoms with Gasteiger partial charge in [-0.1, -0.05) is 0 Å². The van der Waals surface area contributed by atoms with Crippen molar-refractivity contribution in [2.24, 2.45) is 0 Å². The molecule has 1 fully saturated rings. The van der Waals surface area contributed by atoms with Gasteiger partial charge in [-0.25, -0.2) is 0 Å². The van der Waals surface area contributed by atoms with E-state index in [0.717, 1.165) is 0 Å². The Balaban J connectivity index is 2.63. The smallest absolute Gasteiger partial charge is 0.111 e. The average molecular weight is 162 g/mol. The van der Waals surface area contributed by atoms with Gasteiger partial charge in [-0.2, -0.15) is 0 Å². The van der Waals surface area contributed by atoms with Crippen LogP contribution in [0.25, 0.3) is 0 Å². The summed E-state index contributed by atoms with van der Waals surface area (Å²) in [7, 11) is 0. The molecule has 1 aliphatic heterocycles. The molecule has 0 aromatic carbocycles. The molecule has 1 aliphatic rings. The molecule has 1 saturated heterocycles. The van der Waals surface area contributed by atoms with Crippen LogP contribution < -0.4 is 0 Å². The lowest BCUT2D eigenvalue weighted by molar-refractivity contribution is -0.211. The van der Waals surface area contributed by atoms with Crippen LogP contribution in [0, 0.1) is 0 Å². The van der Waals surface area contributed by atoms with Crippen molar-refractivity contribution in [3.8, 4) is 0 Å². The Hall–Kier alpha value is -0.160. The lowest BCUT2D eigenvalue weighted by atomic mass is 9.97. The third-order valence-electron chi connectivity index (χ3n) is 2.09. The zero-order valence-corrected chi connectivity index (χ0v) is 6.64. The summed E-state index contributed by atoms with van der Waals surface area (Å²) >= 11 is 0. The van der Waals surface area contributed by atoms with Crippen molar-refractivity contribution in [3.63, 3.8) is 0 Å². The molecule has 1 rings (SSSR count). The second-order valence-electron chi connectivity index (χ2n) is 3.02. The highest BCUT2D eigenvalue weighted by atomic mass is 16.5. The molecule has 0 aromatic heterocycles. The maximum atomic E-state index is 9.21. The highest BCUT2D eigenvalue weighted by molar-refractivity contribution is 4.88. The van der Waals surface area contributed by atoms with E-state index in [1.165, 1.54) is 0 Å². The standard InChI is InChI=1S/C7H14O4/c1-3-5(8)7(10)6(9)4(2)11-3/h3-10H,1-2H3/t3?,4?,5-,6?,7?/m1/s1. The van der Waals surface area contributed by atoms with E-state index in [4.69, 9.17) is 4.74 Å². The molecule has 1 heterocycles. The maximum Gasteiger partial charge on any atom is 0.111 e. The van der Waals surface area contributed by atoms with E-state index in [1.807, 2.05) is 0 Å². The van der Waals surface area contributed by atoms with Gasteiger partial charge in [-0.05, 0) is 13.8 Å². The lowest BCUT2D eigenvalue weighted by Crippen LogP contribution is -2.55. The largest absolute Gasteiger partial charge is 0.388 e. The number of aliphatic hydroxyl groups excluding tert-OH is 3. The van der Waals surface area contributed by atoms with E-state index in [0.29, 0.717) is 0 Å². The van der Waals surface area contributed by atoms with Gasteiger partial charge in [0.15, 0.2) is 0 Å². The fourth-order valence-electron chi connectivity index (χ4n) is 1.26. The minimum Gasteiger partial charge on any atom is -0.388 e. The van der Waals surface area contributed by atoms with E-state index < -0.39 is 30.5 Å². The van der Waals surface area contributed by atoms with Crippen molar-refractivity contribution < 1.29 is 20.1 Å². The van der Waals surface area contributed by atoms with Crippen molar-refractivity contribution >= 4 is 0 Å². The molecule has 3 N–H and O–H groups in total. The monoisotopic (exact) mass is 162 g/mol. The maximum absolute atomic E-state index is 9.21. The summed E-state index contributed by atoms with van der Waals surface area (Å²) in [5.41, 5.74) is 0. The quantitative estimate of drug-likeness (QED) is 0.422. The number of hydrogen-bond acceptors (Lipinski definition) is 4. The molecule has 0 aliphatic carbocycles. The Morgan fingerprint density at radius 1 is 0.818 bits per heavy atom. The van der Waals surface area contributed by atoms with Gasteiger partial charge in [-0.15, -0.1) is 0 Å². The molecule has 0 amide bonds. The number of hydrogen-bond donors (Lipinski definition) is 3. The first-order chi connectivity index (χ1) is 5.04. The van der Waals surface area contributed by atoms with Gasteiger partial charge in [-0.3, -0.25) is 0 Å². The molecular weight excluding hydrogens is 148 g/mol. The topological polar surface area (TPSA) is 69.9 Å². The predicted molar refractivity (Wildman–Crippen MR) is 38.0 cm³/mol. The summed E-state index contributed by atoms with van der Waals surface area (Å²) in [6.07, 6.45) is -3.89. The number of aliphatic hydroxyl groups is 3. The molecular formula is C7H14O4. The Labute approximate surface area is 65.4 Å². The predicted octanol–water partition coefficient (Wildman–Crippen LogP) is -1.12. The average Bonchev–Trinajstić information content (AvgIpc) is 1.97. The van der Waals surface area contributed by atoms with E-state index >= 15 is 0 Å². The molecule has 0 aromatic rings. The Bertz CT molecular complexity index is 124. The molecule has 4 nitrogen and oxygen atoms in total. The minimum absolute atomic E-state index is 0.414. The molecule has 66 valence electrons. The Morgan fingerprint density at radius 2 is 1.18 bits per heavy atom. The van der Waals surface area contributed by atoms with Gasteiger partial charge in [0.1, 0.15) is 18.3 Å². The van der Waals surface area contributed by atoms with Gasteiger partial charge in [0.2, 0.25) is 0 Å². The van der Waals surface area contributed by atoms with Gasteiger partial charge in [0, 0.05) is 0 Å². The molecule has 4 heteroatoms. The van der Waals surface area contributed by atoms with Crippen molar-refractivity contribution in [3.05, 3.63) is 0 Å². The molecule has 0 spiro atoms. The number of rotatable bonds is 0. The highest BCUT2D eigenvalue weighted by Crippen LogP contribution is 2.19. The highest BCUT2D eigenvalue weighted by Gasteiger charge is 2.39. The summed E-state index contributed by atoms with van der Waals surface area (Å²) in [5.74, 6) is 0. The zero-order valence-electron chi connectivity index (χ0n) is 6.64. The first kappa shape index (κ1) is 8.93.